The number of methoxy groups -OCH3 is 1. The lowest BCUT2D eigenvalue weighted by Crippen LogP contribution is -2.41. The van der Waals surface area contributed by atoms with E-state index in [2.05, 4.69) is 48.6 Å². The summed E-state index contributed by atoms with van der Waals surface area (Å²) < 4.78 is 7.11. The maximum Gasteiger partial charge on any atom is 0.191 e. The van der Waals surface area contributed by atoms with Gasteiger partial charge in [0.15, 0.2) is 5.96 Å². The Hall–Kier alpha value is -2.38. The molecule has 2 N–H and O–H groups in total. The average Bonchev–Trinajstić information content (AvgIpc) is 3.00. The summed E-state index contributed by atoms with van der Waals surface area (Å²) in [7, 11) is 3.87. The average molecular weight is 401 g/mol. The van der Waals surface area contributed by atoms with Crippen LogP contribution in [0.4, 0.5) is 0 Å². The van der Waals surface area contributed by atoms with Crippen molar-refractivity contribution in [3.05, 3.63) is 47.3 Å². The molecule has 0 atom stereocenters. The lowest BCUT2D eigenvalue weighted by Gasteiger charge is -2.18. The zero-order valence-corrected chi connectivity index (χ0v) is 18.5. The SMILES string of the molecule is CCNC(=NCc1c(C)nn(-c2ccccc2)c1C)NCCN(C)CCCOC. The number of nitrogens with zero attached hydrogens (tertiary/aromatic N) is 4. The van der Waals surface area contributed by atoms with Crippen molar-refractivity contribution in [1.82, 2.24) is 25.3 Å². The number of aliphatic imine (C=N–C) groups is 1. The summed E-state index contributed by atoms with van der Waals surface area (Å²) >= 11 is 0. The molecule has 7 nitrogen and oxygen atoms in total. The van der Waals surface area contributed by atoms with Gasteiger partial charge in [0, 0.05) is 51.2 Å². The van der Waals surface area contributed by atoms with Crippen LogP contribution in [0.3, 0.4) is 0 Å². The van der Waals surface area contributed by atoms with Crippen LogP contribution in [0.15, 0.2) is 35.3 Å². The van der Waals surface area contributed by atoms with E-state index in [1.165, 1.54) is 5.56 Å². The molecule has 1 heterocycles. The predicted molar refractivity (Wildman–Crippen MR) is 120 cm³/mol. The molecule has 0 aliphatic carbocycles. The number of aromatic nitrogens is 2. The van der Waals surface area contributed by atoms with Crippen molar-refractivity contribution in [3.63, 3.8) is 0 Å². The number of rotatable bonds is 11. The number of nitrogens with one attached hydrogen (secondary N) is 2. The first-order valence-corrected chi connectivity index (χ1v) is 10.4. The molecule has 0 fully saturated rings. The summed E-state index contributed by atoms with van der Waals surface area (Å²) in [5.41, 5.74) is 4.39. The summed E-state index contributed by atoms with van der Waals surface area (Å²) in [4.78, 5) is 7.09. The Morgan fingerprint density at radius 3 is 2.62 bits per heavy atom. The monoisotopic (exact) mass is 400 g/mol. The Morgan fingerprint density at radius 1 is 1.17 bits per heavy atom. The second kappa shape index (κ2) is 12.2. The van der Waals surface area contributed by atoms with Crippen LogP contribution in [0, 0.1) is 13.8 Å². The quantitative estimate of drug-likeness (QED) is 0.345. The zero-order chi connectivity index (χ0) is 21.1. The van der Waals surface area contributed by atoms with Gasteiger partial charge in [0.2, 0.25) is 0 Å². The number of guanidine groups is 1. The highest BCUT2D eigenvalue weighted by Crippen LogP contribution is 2.18. The molecule has 160 valence electrons. The number of hydrogen-bond donors (Lipinski definition) is 2. The third-order valence-corrected chi connectivity index (χ3v) is 4.86. The van der Waals surface area contributed by atoms with Gasteiger partial charge in [-0.15, -0.1) is 0 Å². The van der Waals surface area contributed by atoms with Gasteiger partial charge in [-0.3, -0.25) is 0 Å². The van der Waals surface area contributed by atoms with Crippen LogP contribution in [0.5, 0.6) is 0 Å². The highest BCUT2D eigenvalue weighted by molar-refractivity contribution is 5.79. The molecule has 1 aromatic heterocycles. The first-order chi connectivity index (χ1) is 14.1. The van der Waals surface area contributed by atoms with Gasteiger partial charge < -0.3 is 20.3 Å². The Morgan fingerprint density at radius 2 is 1.93 bits per heavy atom. The van der Waals surface area contributed by atoms with Crippen molar-refractivity contribution < 1.29 is 4.74 Å². The third kappa shape index (κ3) is 7.18. The smallest absolute Gasteiger partial charge is 0.191 e. The van der Waals surface area contributed by atoms with E-state index in [0.717, 1.165) is 62.2 Å². The van der Waals surface area contributed by atoms with E-state index in [-0.39, 0.29) is 0 Å². The van der Waals surface area contributed by atoms with E-state index in [1.54, 1.807) is 7.11 Å². The van der Waals surface area contributed by atoms with E-state index in [0.29, 0.717) is 6.54 Å². The van der Waals surface area contributed by atoms with Crippen LogP contribution < -0.4 is 10.6 Å². The maximum atomic E-state index is 5.11. The second-order valence-electron chi connectivity index (χ2n) is 7.17. The molecule has 1 aromatic carbocycles. The minimum atomic E-state index is 0.601. The summed E-state index contributed by atoms with van der Waals surface area (Å²) in [6.45, 7) is 11.3. The van der Waals surface area contributed by atoms with E-state index in [9.17, 15) is 0 Å². The molecule has 0 radical (unpaired) electrons. The lowest BCUT2D eigenvalue weighted by molar-refractivity contribution is 0.180. The van der Waals surface area contributed by atoms with E-state index in [1.807, 2.05) is 29.8 Å². The first kappa shape index (κ1) is 22.9. The molecule has 29 heavy (non-hydrogen) atoms. The molecule has 0 bridgehead atoms. The second-order valence-corrected chi connectivity index (χ2v) is 7.17. The minimum absolute atomic E-state index is 0.601. The van der Waals surface area contributed by atoms with Gasteiger partial charge in [-0.05, 0) is 46.4 Å². The van der Waals surface area contributed by atoms with Crippen molar-refractivity contribution in [2.45, 2.75) is 33.7 Å². The van der Waals surface area contributed by atoms with Crippen molar-refractivity contribution in [3.8, 4) is 5.69 Å². The summed E-state index contributed by atoms with van der Waals surface area (Å²) in [6, 6.07) is 10.2. The van der Waals surface area contributed by atoms with Gasteiger partial charge in [-0.2, -0.15) is 5.10 Å². The molecule has 0 aliphatic rings. The molecule has 0 aliphatic heterocycles. The number of benzene rings is 1. The highest BCUT2D eigenvalue weighted by Gasteiger charge is 2.12. The van der Waals surface area contributed by atoms with Gasteiger partial charge in [-0.1, -0.05) is 18.2 Å². The molecule has 0 saturated carbocycles. The van der Waals surface area contributed by atoms with Crippen molar-refractivity contribution in [1.29, 1.82) is 0 Å². The van der Waals surface area contributed by atoms with Crippen molar-refractivity contribution in [2.24, 2.45) is 4.99 Å². The normalized spacial score (nSPS) is 11.9. The van der Waals surface area contributed by atoms with Crippen LogP contribution in [-0.4, -0.2) is 67.6 Å². The Labute approximate surface area is 175 Å². The number of para-hydroxylation sites is 1. The zero-order valence-electron chi connectivity index (χ0n) is 18.5. The fourth-order valence-electron chi connectivity index (χ4n) is 3.18. The van der Waals surface area contributed by atoms with Crippen molar-refractivity contribution in [2.75, 3.05) is 46.9 Å². The Balaban J connectivity index is 1.97. The molecular formula is C22H36N6O. The highest BCUT2D eigenvalue weighted by atomic mass is 16.5. The molecular weight excluding hydrogens is 364 g/mol. The predicted octanol–water partition coefficient (Wildman–Crippen LogP) is 2.51. The van der Waals surface area contributed by atoms with Crippen LogP contribution in [0.1, 0.15) is 30.3 Å². The molecule has 2 aromatic rings. The first-order valence-electron chi connectivity index (χ1n) is 10.4. The Bertz CT molecular complexity index is 756. The van der Waals surface area contributed by atoms with Gasteiger partial charge >= 0.3 is 0 Å². The third-order valence-electron chi connectivity index (χ3n) is 4.86. The molecule has 0 saturated heterocycles. The Kier molecular flexibility index (Phi) is 9.67. The van der Waals surface area contributed by atoms with E-state index >= 15 is 0 Å². The van der Waals surface area contributed by atoms with Crippen LogP contribution in [-0.2, 0) is 11.3 Å². The number of ether oxygens (including phenoxy) is 1. The molecule has 0 amide bonds. The fourth-order valence-corrected chi connectivity index (χ4v) is 3.18. The van der Waals surface area contributed by atoms with E-state index in [4.69, 9.17) is 14.8 Å². The van der Waals surface area contributed by atoms with Gasteiger partial charge in [0.05, 0.1) is 17.9 Å². The number of aryl methyl sites for hydroxylation is 1. The van der Waals surface area contributed by atoms with E-state index < -0.39 is 0 Å². The van der Waals surface area contributed by atoms with Gasteiger partial charge in [-0.25, -0.2) is 9.67 Å². The number of hydrogen-bond acceptors (Lipinski definition) is 4. The largest absolute Gasteiger partial charge is 0.385 e. The summed E-state index contributed by atoms with van der Waals surface area (Å²) in [6.07, 6.45) is 1.05. The van der Waals surface area contributed by atoms with Crippen molar-refractivity contribution >= 4 is 5.96 Å². The lowest BCUT2D eigenvalue weighted by atomic mass is 10.2. The van der Waals surface area contributed by atoms with Crippen LogP contribution in [0.2, 0.25) is 0 Å². The molecule has 0 unspecified atom stereocenters. The van der Waals surface area contributed by atoms with Crippen LogP contribution >= 0.6 is 0 Å². The molecule has 7 heteroatoms. The molecule has 0 spiro atoms. The van der Waals surface area contributed by atoms with Crippen LogP contribution in [0.25, 0.3) is 5.69 Å². The fraction of sp³-hybridized carbons (Fsp3) is 0.545. The number of likely N-dealkylation sites (N-methyl/N-ethyl adjacent to an activating group) is 1. The van der Waals surface area contributed by atoms with Gasteiger partial charge in [0.1, 0.15) is 0 Å². The standard InChI is InChI=1S/C22H36N6O/c1-6-23-22(24-13-15-27(4)14-10-16-29-5)25-17-21-18(2)26-28(19(21)3)20-11-8-7-9-12-20/h7-9,11-12H,6,10,13-17H2,1-5H3,(H2,23,24,25). The summed E-state index contributed by atoms with van der Waals surface area (Å²) in [5, 5.41) is 11.5. The van der Waals surface area contributed by atoms with Gasteiger partial charge in [0.25, 0.3) is 0 Å². The molecule has 2 rings (SSSR count). The summed E-state index contributed by atoms with van der Waals surface area (Å²) in [5.74, 6) is 0.837. The topological polar surface area (TPSA) is 66.7 Å². The maximum absolute atomic E-state index is 5.11. The minimum Gasteiger partial charge on any atom is -0.385 e.